The lowest BCUT2D eigenvalue weighted by molar-refractivity contribution is 0.516. The van der Waals surface area contributed by atoms with E-state index in [0.717, 1.165) is 18.9 Å². The number of aromatic nitrogens is 4. The summed E-state index contributed by atoms with van der Waals surface area (Å²) in [5, 5.41) is 19.5. The summed E-state index contributed by atoms with van der Waals surface area (Å²) in [5.41, 5.74) is 2.58. The number of hydrogen-bond donors (Lipinski definition) is 1. The molecule has 0 spiro atoms. The quantitative estimate of drug-likeness (QED) is 0.880. The zero-order chi connectivity index (χ0) is 12.3. The third kappa shape index (κ3) is 2.70. The number of tetrazole rings is 1. The van der Waals surface area contributed by atoms with E-state index >= 15 is 0 Å². The highest BCUT2D eigenvalue weighted by molar-refractivity contribution is 7.08. The lowest BCUT2D eigenvalue weighted by Crippen LogP contribution is -2.22. The molecule has 0 aliphatic rings. The number of aryl methyl sites for hydroxylation is 1. The Morgan fingerprint density at radius 3 is 2.94 bits per heavy atom. The van der Waals surface area contributed by atoms with Crippen molar-refractivity contribution in [3.63, 3.8) is 0 Å². The van der Waals surface area contributed by atoms with Gasteiger partial charge in [-0.3, -0.25) is 0 Å². The highest BCUT2D eigenvalue weighted by atomic mass is 32.1. The number of thiophene rings is 1. The van der Waals surface area contributed by atoms with Crippen LogP contribution >= 0.6 is 11.3 Å². The smallest absolute Gasteiger partial charge is 0.168 e. The van der Waals surface area contributed by atoms with Gasteiger partial charge in [-0.25, -0.2) is 4.68 Å². The first kappa shape index (κ1) is 12.2. The molecule has 0 radical (unpaired) electrons. The molecule has 0 amide bonds. The predicted octanol–water partition coefficient (Wildman–Crippen LogP) is 1.76. The van der Waals surface area contributed by atoms with E-state index in [1.165, 1.54) is 11.1 Å². The Kier molecular flexibility index (Phi) is 3.86. The normalized spacial score (nSPS) is 12.9. The van der Waals surface area contributed by atoms with Crippen LogP contribution < -0.4 is 5.32 Å². The lowest BCUT2D eigenvalue weighted by atomic mass is 10.2. The van der Waals surface area contributed by atoms with Crippen molar-refractivity contribution in [1.82, 2.24) is 25.5 Å². The van der Waals surface area contributed by atoms with Crippen LogP contribution in [0.4, 0.5) is 0 Å². The minimum absolute atomic E-state index is 0.175. The van der Waals surface area contributed by atoms with Crippen molar-refractivity contribution in [2.24, 2.45) is 0 Å². The lowest BCUT2D eigenvalue weighted by Gasteiger charge is -2.11. The summed E-state index contributed by atoms with van der Waals surface area (Å²) < 4.78 is 1.86. The molecule has 0 saturated heterocycles. The molecule has 17 heavy (non-hydrogen) atoms. The molecular formula is C11H17N5S. The second-order valence-corrected chi connectivity index (χ2v) is 4.80. The summed E-state index contributed by atoms with van der Waals surface area (Å²) in [6, 6.07) is 0.175. The van der Waals surface area contributed by atoms with E-state index in [2.05, 4.69) is 52.4 Å². The molecule has 0 aliphatic carbocycles. The summed E-state index contributed by atoms with van der Waals surface area (Å²) in [5.74, 6) is 0.887. The fraction of sp³-hybridized carbons (Fsp3) is 0.545. The number of hydrogen-bond acceptors (Lipinski definition) is 5. The predicted molar refractivity (Wildman–Crippen MR) is 68.1 cm³/mol. The van der Waals surface area contributed by atoms with E-state index in [0.29, 0.717) is 0 Å². The van der Waals surface area contributed by atoms with E-state index in [4.69, 9.17) is 0 Å². The van der Waals surface area contributed by atoms with E-state index < -0.39 is 0 Å². The first-order chi connectivity index (χ1) is 8.22. The highest BCUT2D eigenvalue weighted by Crippen LogP contribution is 2.16. The maximum atomic E-state index is 4.09. The summed E-state index contributed by atoms with van der Waals surface area (Å²) in [6.07, 6.45) is 0. The average Bonchev–Trinajstić information content (AvgIpc) is 2.90. The molecule has 0 bridgehead atoms. The van der Waals surface area contributed by atoms with Gasteiger partial charge in [0.1, 0.15) is 0 Å². The second kappa shape index (κ2) is 5.37. The summed E-state index contributed by atoms with van der Waals surface area (Å²) in [7, 11) is 0. The van der Waals surface area contributed by atoms with Gasteiger partial charge in [-0.1, -0.05) is 6.92 Å². The molecule has 1 atom stereocenters. The van der Waals surface area contributed by atoms with Crippen molar-refractivity contribution in [2.75, 3.05) is 6.54 Å². The van der Waals surface area contributed by atoms with E-state index in [9.17, 15) is 0 Å². The van der Waals surface area contributed by atoms with Crippen LogP contribution in [0, 0.1) is 6.92 Å². The number of rotatable bonds is 5. The molecule has 2 aromatic heterocycles. The Balaban J connectivity index is 2.17. The highest BCUT2D eigenvalue weighted by Gasteiger charge is 2.14. The van der Waals surface area contributed by atoms with Crippen molar-refractivity contribution in [2.45, 2.75) is 33.4 Å². The molecule has 0 saturated carbocycles. The van der Waals surface area contributed by atoms with Crippen LogP contribution in [0.15, 0.2) is 10.8 Å². The van der Waals surface area contributed by atoms with Gasteiger partial charge in [0.2, 0.25) is 0 Å². The van der Waals surface area contributed by atoms with Gasteiger partial charge in [0.05, 0.1) is 12.6 Å². The van der Waals surface area contributed by atoms with E-state index in [1.807, 2.05) is 4.68 Å². The van der Waals surface area contributed by atoms with Crippen molar-refractivity contribution in [3.05, 3.63) is 27.7 Å². The molecule has 1 unspecified atom stereocenters. The molecule has 2 aromatic rings. The van der Waals surface area contributed by atoms with Crippen molar-refractivity contribution in [3.8, 4) is 0 Å². The monoisotopic (exact) mass is 251 g/mol. The number of nitrogens with one attached hydrogen (secondary N) is 1. The van der Waals surface area contributed by atoms with Gasteiger partial charge in [-0.15, -0.1) is 5.10 Å². The molecule has 2 heterocycles. The zero-order valence-electron chi connectivity index (χ0n) is 10.3. The molecule has 0 aliphatic heterocycles. The SMILES string of the molecule is CCNC(C)c1nnnn1Cc1cscc1C. The fourth-order valence-corrected chi connectivity index (χ4v) is 2.59. The van der Waals surface area contributed by atoms with Crippen LogP contribution in [-0.4, -0.2) is 26.8 Å². The van der Waals surface area contributed by atoms with E-state index in [-0.39, 0.29) is 6.04 Å². The van der Waals surface area contributed by atoms with Gasteiger partial charge < -0.3 is 5.32 Å². The van der Waals surface area contributed by atoms with E-state index in [1.54, 1.807) is 11.3 Å². The minimum atomic E-state index is 0.175. The third-order valence-electron chi connectivity index (χ3n) is 2.74. The average molecular weight is 251 g/mol. The maximum absolute atomic E-state index is 4.09. The van der Waals surface area contributed by atoms with Crippen LogP contribution in [0.1, 0.15) is 36.8 Å². The van der Waals surface area contributed by atoms with Gasteiger partial charge in [0.25, 0.3) is 0 Å². The summed E-state index contributed by atoms with van der Waals surface area (Å²) >= 11 is 1.72. The van der Waals surface area contributed by atoms with Crippen LogP contribution in [0.3, 0.4) is 0 Å². The standard InChI is InChI=1S/C11H17N5S/c1-4-12-9(3)11-13-14-15-16(11)5-10-7-17-6-8(10)2/h6-7,9,12H,4-5H2,1-3H3. The molecular weight excluding hydrogens is 234 g/mol. The largest absolute Gasteiger partial charge is 0.308 e. The van der Waals surface area contributed by atoms with Crippen molar-refractivity contribution in [1.29, 1.82) is 0 Å². The molecule has 92 valence electrons. The van der Waals surface area contributed by atoms with Crippen molar-refractivity contribution < 1.29 is 0 Å². The number of nitrogens with zero attached hydrogens (tertiary/aromatic N) is 4. The molecule has 0 aromatic carbocycles. The van der Waals surface area contributed by atoms with Gasteiger partial charge >= 0.3 is 0 Å². The van der Waals surface area contributed by atoms with Crippen LogP contribution in [0.25, 0.3) is 0 Å². The van der Waals surface area contributed by atoms with Crippen LogP contribution in [-0.2, 0) is 6.54 Å². The Labute approximate surface area is 105 Å². The van der Waals surface area contributed by atoms with Crippen molar-refractivity contribution >= 4 is 11.3 Å². The molecule has 1 N–H and O–H groups in total. The minimum Gasteiger partial charge on any atom is -0.308 e. The zero-order valence-corrected chi connectivity index (χ0v) is 11.2. The maximum Gasteiger partial charge on any atom is 0.168 e. The topological polar surface area (TPSA) is 55.6 Å². The Bertz CT molecular complexity index is 476. The first-order valence-electron chi connectivity index (χ1n) is 5.73. The Hall–Kier alpha value is -1.27. The molecule has 2 rings (SSSR count). The second-order valence-electron chi connectivity index (χ2n) is 4.05. The van der Waals surface area contributed by atoms with Gasteiger partial charge in [-0.2, -0.15) is 11.3 Å². The third-order valence-corrected chi connectivity index (χ3v) is 3.65. The fourth-order valence-electron chi connectivity index (χ4n) is 1.74. The summed E-state index contributed by atoms with van der Waals surface area (Å²) in [4.78, 5) is 0. The molecule has 0 fully saturated rings. The Morgan fingerprint density at radius 1 is 1.47 bits per heavy atom. The van der Waals surface area contributed by atoms with Gasteiger partial charge in [0.15, 0.2) is 5.82 Å². The molecule has 5 nitrogen and oxygen atoms in total. The Morgan fingerprint density at radius 2 is 2.29 bits per heavy atom. The molecule has 6 heteroatoms. The van der Waals surface area contributed by atoms with Gasteiger partial charge in [-0.05, 0) is 52.7 Å². The summed E-state index contributed by atoms with van der Waals surface area (Å²) in [6.45, 7) is 7.92. The van der Waals surface area contributed by atoms with Crippen LogP contribution in [0.5, 0.6) is 0 Å². The first-order valence-corrected chi connectivity index (χ1v) is 6.67. The van der Waals surface area contributed by atoms with Gasteiger partial charge in [0, 0.05) is 0 Å². The van der Waals surface area contributed by atoms with Crippen LogP contribution in [0.2, 0.25) is 0 Å².